The van der Waals surface area contributed by atoms with E-state index in [1.54, 1.807) is 0 Å². The van der Waals surface area contributed by atoms with E-state index >= 15 is 0 Å². The number of alkyl halides is 1. The second-order valence-electron chi connectivity index (χ2n) is 3.37. The van der Waals surface area contributed by atoms with Crippen molar-refractivity contribution in [2.75, 3.05) is 5.32 Å². The van der Waals surface area contributed by atoms with Crippen molar-refractivity contribution in [2.45, 2.75) is 18.2 Å². The van der Waals surface area contributed by atoms with E-state index in [1.807, 2.05) is 19.1 Å². The lowest BCUT2D eigenvalue weighted by atomic mass is 10.1. The molecule has 1 aliphatic heterocycles. The average molecular weight is 275 g/mol. The molecule has 4 heteroatoms. The second kappa shape index (κ2) is 3.55. The Bertz CT molecular complexity index is 403. The van der Waals surface area contributed by atoms with Crippen LogP contribution in [-0.4, -0.2) is 5.91 Å². The predicted molar refractivity (Wildman–Crippen MR) is 61.1 cm³/mol. The summed E-state index contributed by atoms with van der Waals surface area (Å²) in [6.45, 7) is 2.01. The van der Waals surface area contributed by atoms with Gasteiger partial charge in [0.05, 0.1) is 6.42 Å². The molecule has 0 fully saturated rings. The molecule has 1 atom stereocenters. The highest BCUT2D eigenvalue weighted by Gasteiger charge is 2.20. The van der Waals surface area contributed by atoms with Gasteiger partial charge in [-0.15, -0.1) is 0 Å². The third-order valence-electron chi connectivity index (χ3n) is 2.28. The van der Waals surface area contributed by atoms with Gasteiger partial charge in [-0.1, -0.05) is 33.6 Å². The highest BCUT2D eigenvalue weighted by Crippen LogP contribution is 2.35. The van der Waals surface area contributed by atoms with Crippen LogP contribution < -0.4 is 5.32 Å². The van der Waals surface area contributed by atoms with E-state index in [2.05, 4.69) is 21.2 Å². The maximum atomic E-state index is 11.1. The van der Waals surface area contributed by atoms with Gasteiger partial charge in [-0.25, -0.2) is 0 Å². The summed E-state index contributed by atoms with van der Waals surface area (Å²) in [6, 6.07) is 3.80. The number of carbonyl (C=O) groups is 1. The number of anilines is 1. The van der Waals surface area contributed by atoms with Crippen LogP contribution in [-0.2, 0) is 11.2 Å². The number of fused-ring (bicyclic) bond motifs is 1. The Morgan fingerprint density at radius 2 is 2.29 bits per heavy atom. The molecule has 74 valence electrons. The SMILES string of the molecule is CC(Br)c1cc2c(cc1Cl)NC(=O)C2. The third kappa shape index (κ3) is 1.66. The zero-order valence-electron chi connectivity index (χ0n) is 7.60. The van der Waals surface area contributed by atoms with Crippen molar-refractivity contribution >= 4 is 39.1 Å². The van der Waals surface area contributed by atoms with Gasteiger partial charge >= 0.3 is 0 Å². The molecule has 2 nitrogen and oxygen atoms in total. The number of carbonyl (C=O) groups excluding carboxylic acids is 1. The Morgan fingerprint density at radius 3 is 2.93 bits per heavy atom. The van der Waals surface area contributed by atoms with E-state index in [1.165, 1.54) is 0 Å². The van der Waals surface area contributed by atoms with Gasteiger partial charge < -0.3 is 5.32 Å². The smallest absolute Gasteiger partial charge is 0.228 e. The largest absolute Gasteiger partial charge is 0.325 e. The summed E-state index contributed by atoms with van der Waals surface area (Å²) >= 11 is 9.54. The lowest BCUT2D eigenvalue weighted by Gasteiger charge is -2.08. The van der Waals surface area contributed by atoms with Crippen LogP contribution in [0.2, 0.25) is 5.02 Å². The lowest BCUT2D eigenvalue weighted by Crippen LogP contribution is -2.03. The number of nitrogens with one attached hydrogen (secondary N) is 1. The Balaban J connectivity index is 2.50. The van der Waals surface area contributed by atoms with Crippen molar-refractivity contribution in [3.05, 3.63) is 28.3 Å². The normalized spacial score (nSPS) is 16.4. The van der Waals surface area contributed by atoms with Crippen LogP contribution in [0.1, 0.15) is 22.9 Å². The Morgan fingerprint density at radius 1 is 1.57 bits per heavy atom. The van der Waals surface area contributed by atoms with E-state index in [-0.39, 0.29) is 10.7 Å². The molecule has 1 aromatic carbocycles. The molecular weight excluding hydrogens is 265 g/mol. The minimum Gasteiger partial charge on any atom is -0.325 e. The van der Waals surface area contributed by atoms with E-state index in [0.717, 1.165) is 16.8 Å². The predicted octanol–water partition coefficient (Wildman–Crippen LogP) is 3.29. The fourth-order valence-corrected chi connectivity index (χ4v) is 2.41. The van der Waals surface area contributed by atoms with Crippen LogP contribution in [0.15, 0.2) is 12.1 Å². The van der Waals surface area contributed by atoms with E-state index in [0.29, 0.717) is 11.4 Å². The molecule has 14 heavy (non-hydrogen) atoms. The van der Waals surface area contributed by atoms with Crippen molar-refractivity contribution in [3.63, 3.8) is 0 Å². The van der Waals surface area contributed by atoms with Gasteiger partial charge in [-0.3, -0.25) is 4.79 Å². The minimum atomic E-state index is 0.0374. The van der Waals surface area contributed by atoms with E-state index in [4.69, 9.17) is 11.6 Å². The molecule has 2 rings (SSSR count). The van der Waals surface area contributed by atoms with Crippen LogP contribution in [0.25, 0.3) is 0 Å². The number of hydrogen-bond acceptors (Lipinski definition) is 1. The van der Waals surface area contributed by atoms with Crippen LogP contribution in [0.4, 0.5) is 5.69 Å². The third-order valence-corrected chi connectivity index (χ3v) is 3.10. The average Bonchev–Trinajstić information content (AvgIpc) is 2.42. The molecule has 1 heterocycles. The van der Waals surface area contributed by atoms with Crippen LogP contribution in [0.5, 0.6) is 0 Å². The first-order valence-corrected chi connectivity index (χ1v) is 5.63. The molecule has 0 spiro atoms. The monoisotopic (exact) mass is 273 g/mol. The van der Waals surface area contributed by atoms with Gasteiger partial charge in [0.1, 0.15) is 0 Å². The van der Waals surface area contributed by atoms with Crippen molar-refractivity contribution in [1.82, 2.24) is 0 Å². The molecule has 1 unspecified atom stereocenters. The number of hydrogen-bond donors (Lipinski definition) is 1. The summed E-state index contributed by atoms with van der Waals surface area (Å²) in [5, 5.41) is 3.46. The number of halogens is 2. The number of rotatable bonds is 1. The summed E-state index contributed by atoms with van der Waals surface area (Å²) in [4.78, 5) is 11.3. The summed E-state index contributed by atoms with van der Waals surface area (Å²) in [5.41, 5.74) is 2.90. The zero-order chi connectivity index (χ0) is 10.3. The molecular formula is C10H9BrClNO. The Hall–Kier alpha value is -0.540. The fourth-order valence-electron chi connectivity index (χ4n) is 1.57. The molecule has 0 saturated carbocycles. The number of benzene rings is 1. The summed E-state index contributed by atoms with van der Waals surface area (Å²) in [5.74, 6) is 0.0374. The molecule has 0 radical (unpaired) electrons. The van der Waals surface area contributed by atoms with E-state index < -0.39 is 0 Å². The van der Waals surface area contributed by atoms with Crippen molar-refractivity contribution in [2.24, 2.45) is 0 Å². The highest BCUT2D eigenvalue weighted by molar-refractivity contribution is 9.09. The van der Waals surface area contributed by atoms with Gasteiger partial charge in [0.2, 0.25) is 5.91 Å². The van der Waals surface area contributed by atoms with Crippen molar-refractivity contribution < 1.29 is 4.79 Å². The van der Waals surface area contributed by atoms with Crippen molar-refractivity contribution in [3.8, 4) is 0 Å². The van der Waals surface area contributed by atoms with E-state index in [9.17, 15) is 4.79 Å². The molecule has 1 amide bonds. The standard InChI is InChI=1S/C10H9BrClNO/c1-5(11)7-2-6-3-10(14)13-9(6)4-8(7)12/h2,4-5H,3H2,1H3,(H,13,14). The Labute approximate surface area is 95.8 Å². The molecule has 1 aliphatic rings. The highest BCUT2D eigenvalue weighted by atomic mass is 79.9. The maximum absolute atomic E-state index is 11.1. The van der Waals surface area contributed by atoms with Crippen LogP contribution in [0, 0.1) is 0 Å². The van der Waals surface area contributed by atoms with Gasteiger partial charge in [0.25, 0.3) is 0 Å². The molecule has 0 saturated heterocycles. The maximum Gasteiger partial charge on any atom is 0.228 e. The molecule has 1 N–H and O–H groups in total. The first kappa shape index (κ1) is 9.99. The summed E-state index contributed by atoms with van der Waals surface area (Å²) in [6.07, 6.45) is 0.458. The minimum absolute atomic E-state index is 0.0374. The first-order valence-electron chi connectivity index (χ1n) is 4.34. The molecule has 0 bridgehead atoms. The molecule has 0 aliphatic carbocycles. The summed E-state index contributed by atoms with van der Waals surface area (Å²) in [7, 11) is 0. The summed E-state index contributed by atoms with van der Waals surface area (Å²) < 4.78 is 0. The lowest BCUT2D eigenvalue weighted by molar-refractivity contribution is -0.115. The fraction of sp³-hybridized carbons (Fsp3) is 0.300. The molecule has 0 aromatic heterocycles. The van der Waals surface area contributed by atoms with Crippen molar-refractivity contribution in [1.29, 1.82) is 0 Å². The van der Waals surface area contributed by atoms with Gasteiger partial charge in [0.15, 0.2) is 0 Å². The van der Waals surface area contributed by atoms with Crippen LogP contribution in [0.3, 0.4) is 0 Å². The number of amides is 1. The first-order chi connectivity index (χ1) is 6.58. The van der Waals surface area contributed by atoms with Crippen LogP contribution >= 0.6 is 27.5 Å². The van der Waals surface area contributed by atoms with Gasteiger partial charge in [0, 0.05) is 15.5 Å². The quantitative estimate of drug-likeness (QED) is 0.782. The Kier molecular flexibility index (Phi) is 2.54. The zero-order valence-corrected chi connectivity index (χ0v) is 9.95. The van der Waals surface area contributed by atoms with Gasteiger partial charge in [-0.2, -0.15) is 0 Å². The molecule has 1 aromatic rings. The van der Waals surface area contributed by atoms with Gasteiger partial charge in [-0.05, 0) is 24.1 Å². The second-order valence-corrected chi connectivity index (χ2v) is 5.15. The topological polar surface area (TPSA) is 29.1 Å².